The van der Waals surface area contributed by atoms with Crippen LogP contribution in [0, 0.1) is 12.7 Å². The van der Waals surface area contributed by atoms with Gasteiger partial charge < -0.3 is 10.6 Å². The van der Waals surface area contributed by atoms with Crippen LogP contribution in [-0.4, -0.2) is 17.7 Å². The van der Waals surface area contributed by atoms with Crippen LogP contribution < -0.4 is 15.5 Å². The summed E-state index contributed by atoms with van der Waals surface area (Å²) in [4.78, 5) is 38.9. The highest BCUT2D eigenvalue weighted by Gasteiger charge is 2.39. The summed E-state index contributed by atoms with van der Waals surface area (Å²) in [5.41, 5.74) is 2.27. The zero-order valence-corrected chi connectivity index (χ0v) is 18.7. The Balaban J connectivity index is 1.55. The molecular weight excluding hydrogens is 468 g/mol. The van der Waals surface area contributed by atoms with E-state index in [2.05, 4.69) is 10.6 Å². The van der Waals surface area contributed by atoms with Gasteiger partial charge in [-0.15, -0.1) is 0 Å². The highest BCUT2D eigenvalue weighted by molar-refractivity contribution is 6.53. The summed E-state index contributed by atoms with van der Waals surface area (Å²) in [5, 5.41) is 5.04. The number of amides is 3. The number of anilines is 3. The Morgan fingerprint density at radius 1 is 0.909 bits per heavy atom. The van der Waals surface area contributed by atoms with Gasteiger partial charge in [-0.25, -0.2) is 9.29 Å². The molecule has 0 aliphatic carbocycles. The number of imide groups is 1. The molecule has 9 heteroatoms. The minimum atomic E-state index is -0.778. The molecule has 0 atom stereocenters. The van der Waals surface area contributed by atoms with Gasteiger partial charge in [0.05, 0.1) is 10.7 Å². The van der Waals surface area contributed by atoms with E-state index in [1.807, 2.05) is 25.1 Å². The van der Waals surface area contributed by atoms with Crippen molar-refractivity contribution in [3.05, 3.63) is 99.4 Å². The molecule has 1 aliphatic rings. The van der Waals surface area contributed by atoms with Gasteiger partial charge in [-0.3, -0.25) is 14.4 Å². The molecule has 0 bridgehead atoms. The standard InChI is InChI=1S/C24H16Cl2FN3O3/c1-13-4-2-6-15(10-13)29-22(31)14-5-3-7-16(11-14)28-21-20(26)23(32)30(24(21)33)17-8-9-19(27)18(25)12-17/h2-12,28H,1H3,(H,29,31). The zero-order chi connectivity index (χ0) is 23.7. The van der Waals surface area contributed by atoms with Crippen LogP contribution in [0.2, 0.25) is 5.02 Å². The van der Waals surface area contributed by atoms with E-state index in [9.17, 15) is 18.8 Å². The summed E-state index contributed by atoms with van der Waals surface area (Å²) >= 11 is 11.9. The molecule has 0 radical (unpaired) electrons. The highest BCUT2D eigenvalue weighted by Crippen LogP contribution is 2.32. The molecular formula is C24H16Cl2FN3O3. The van der Waals surface area contributed by atoms with Crippen molar-refractivity contribution in [3.8, 4) is 0 Å². The second kappa shape index (κ2) is 9.05. The molecule has 0 saturated heterocycles. The first-order chi connectivity index (χ1) is 15.7. The third kappa shape index (κ3) is 4.60. The monoisotopic (exact) mass is 483 g/mol. The molecule has 6 nitrogen and oxygen atoms in total. The Labute approximate surface area is 198 Å². The molecule has 1 heterocycles. The summed E-state index contributed by atoms with van der Waals surface area (Å²) in [5.74, 6) is -2.54. The van der Waals surface area contributed by atoms with Crippen LogP contribution in [0.4, 0.5) is 21.5 Å². The van der Waals surface area contributed by atoms with Gasteiger partial charge >= 0.3 is 0 Å². The molecule has 4 rings (SSSR count). The van der Waals surface area contributed by atoms with Gasteiger partial charge in [-0.1, -0.05) is 41.4 Å². The van der Waals surface area contributed by atoms with Crippen molar-refractivity contribution in [2.24, 2.45) is 0 Å². The summed E-state index contributed by atoms with van der Waals surface area (Å²) in [6.45, 7) is 1.92. The highest BCUT2D eigenvalue weighted by atomic mass is 35.5. The Bertz CT molecular complexity index is 1340. The van der Waals surface area contributed by atoms with E-state index in [1.165, 1.54) is 12.1 Å². The van der Waals surface area contributed by atoms with Gasteiger partial charge in [0, 0.05) is 16.9 Å². The minimum Gasteiger partial charge on any atom is -0.350 e. The minimum absolute atomic E-state index is 0.0811. The first kappa shape index (κ1) is 22.5. The Hall–Kier alpha value is -3.68. The molecule has 166 valence electrons. The van der Waals surface area contributed by atoms with Crippen LogP contribution in [-0.2, 0) is 9.59 Å². The third-order valence-electron chi connectivity index (χ3n) is 4.86. The lowest BCUT2D eigenvalue weighted by Gasteiger charge is -2.15. The summed E-state index contributed by atoms with van der Waals surface area (Å²) in [7, 11) is 0. The van der Waals surface area contributed by atoms with Gasteiger partial charge in [0.1, 0.15) is 16.5 Å². The molecule has 0 saturated carbocycles. The average Bonchev–Trinajstić information content (AvgIpc) is 2.99. The number of nitrogens with zero attached hydrogens (tertiary/aromatic N) is 1. The largest absolute Gasteiger partial charge is 0.350 e. The summed E-state index contributed by atoms with van der Waals surface area (Å²) in [6.07, 6.45) is 0. The predicted octanol–water partition coefficient (Wildman–Crippen LogP) is 5.48. The summed E-state index contributed by atoms with van der Waals surface area (Å²) < 4.78 is 13.5. The van der Waals surface area contributed by atoms with Gasteiger partial charge in [0.2, 0.25) is 0 Å². The number of hydrogen-bond donors (Lipinski definition) is 2. The van der Waals surface area contributed by atoms with Gasteiger partial charge in [0.25, 0.3) is 17.7 Å². The second-order valence-electron chi connectivity index (χ2n) is 7.26. The molecule has 3 amide bonds. The average molecular weight is 484 g/mol. The lowest BCUT2D eigenvalue weighted by molar-refractivity contribution is -0.120. The van der Waals surface area contributed by atoms with Crippen LogP contribution in [0.15, 0.2) is 77.5 Å². The topological polar surface area (TPSA) is 78.5 Å². The van der Waals surface area contributed by atoms with E-state index >= 15 is 0 Å². The molecule has 3 aromatic carbocycles. The number of aryl methyl sites for hydroxylation is 1. The number of nitrogens with one attached hydrogen (secondary N) is 2. The van der Waals surface area contributed by atoms with Crippen molar-refractivity contribution in [2.75, 3.05) is 15.5 Å². The van der Waals surface area contributed by atoms with E-state index < -0.39 is 17.6 Å². The van der Waals surface area contributed by atoms with Crippen molar-refractivity contribution < 1.29 is 18.8 Å². The predicted molar refractivity (Wildman–Crippen MR) is 126 cm³/mol. The maximum atomic E-state index is 13.5. The number of benzene rings is 3. The van der Waals surface area contributed by atoms with Gasteiger partial charge in [0.15, 0.2) is 0 Å². The van der Waals surface area contributed by atoms with Crippen LogP contribution in [0.1, 0.15) is 15.9 Å². The smallest absolute Gasteiger partial charge is 0.283 e. The van der Waals surface area contributed by atoms with Crippen molar-refractivity contribution in [1.82, 2.24) is 0 Å². The molecule has 0 aromatic heterocycles. The van der Waals surface area contributed by atoms with Crippen molar-refractivity contribution in [2.45, 2.75) is 6.92 Å². The lowest BCUT2D eigenvalue weighted by atomic mass is 10.1. The van der Waals surface area contributed by atoms with Crippen molar-refractivity contribution in [1.29, 1.82) is 0 Å². The van der Waals surface area contributed by atoms with E-state index in [1.54, 1.807) is 24.3 Å². The zero-order valence-electron chi connectivity index (χ0n) is 17.2. The number of rotatable bonds is 5. The first-order valence-corrected chi connectivity index (χ1v) is 10.5. The number of halogens is 3. The fourth-order valence-corrected chi connectivity index (χ4v) is 3.67. The molecule has 0 spiro atoms. The molecule has 2 N–H and O–H groups in total. The van der Waals surface area contributed by atoms with Crippen LogP contribution in [0.5, 0.6) is 0 Å². The van der Waals surface area contributed by atoms with Gasteiger partial charge in [-0.2, -0.15) is 0 Å². The molecule has 33 heavy (non-hydrogen) atoms. The lowest BCUT2D eigenvalue weighted by Crippen LogP contribution is -2.32. The third-order valence-corrected chi connectivity index (χ3v) is 5.50. The Morgan fingerprint density at radius 2 is 1.64 bits per heavy atom. The quantitative estimate of drug-likeness (QED) is 0.471. The Kier molecular flexibility index (Phi) is 6.18. The van der Waals surface area contributed by atoms with E-state index in [0.717, 1.165) is 22.6 Å². The number of hydrogen-bond acceptors (Lipinski definition) is 4. The maximum Gasteiger partial charge on any atom is 0.283 e. The molecule has 3 aromatic rings. The SMILES string of the molecule is Cc1cccc(NC(=O)c2cccc(NC3=C(Cl)C(=O)N(c4ccc(F)c(Cl)c4)C3=O)c2)c1. The number of carbonyl (C=O) groups is 3. The molecule has 0 fully saturated rings. The first-order valence-electron chi connectivity index (χ1n) is 9.73. The van der Waals surface area contributed by atoms with E-state index in [4.69, 9.17) is 23.2 Å². The van der Waals surface area contributed by atoms with E-state index in [-0.39, 0.29) is 27.3 Å². The Morgan fingerprint density at radius 3 is 2.36 bits per heavy atom. The van der Waals surface area contributed by atoms with Crippen LogP contribution >= 0.6 is 23.2 Å². The van der Waals surface area contributed by atoms with Crippen LogP contribution in [0.25, 0.3) is 0 Å². The van der Waals surface area contributed by atoms with Crippen LogP contribution in [0.3, 0.4) is 0 Å². The van der Waals surface area contributed by atoms with E-state index in [0.29, 0.717) is 16.9 Å². The molecule has 1 aliphatic heterocycles. The maximum absolute atomic E-state index is 13.5. The van der Waals surface area contributed by atoms with Crippen molar-refractivity contribution in [3.63, 3.8) is 0 Å². The fraction of sp³-hybridized carbons (Fsp3) is 0.0417. The second-order valence-corrected chi connectivity index (χ2v) is 8.05. The van der Waals surface area contributed by atoms with Crippen molar-refractivity contribution >= 4 is 58.0 Å². The summed E-state index contributed by atoms with van der Waals surface area (Å²) in [6, 6.07) is 17.2. The fourth-order valence-electron chi connectivity index (χ4n) is 3.28. The normalized spacial score (nSPS) is 13.5. The number of carbonyl (C=O) groups excluding carboxylic acids is 3. The van der Waals surface area contributed by atoms with Gasteiger partial charge in [-0.05, 0) is 61.0 Å². The molecule has 0 unspecified atom stereocenters.